The van der Waals surface area contributed by atoms with Crippen LogP contribution in [0.1, 0.15) is 35.5 Å². The lowest BCUT2D eigenvalue weighted by atomic mass is 10.0. The highest BCUT2D eigenvalue weighted by Gasteiger charge is 2.38. The Morgan fingerprint density at radius 3 is 1.56 bits per heavy atom. The summed E-state index contributed by atoms with van der Waals surface area (Å²) < 4.78 is 0.964. The van der Waals surface area contributed by atoms with Crippen LogP contribution < -0.4 is 0 Å². The average molecular weight is 635 g/mol. The highest BCUT2D eigenvalue weighted by atomic mass is 32.2. The van der Waals surface area contributed by atoms with Crippen molar-refractivity contribution in [2.75, 3.05) is 35.5 Å². The van der Waals surface area contributed by atoms with Crippen molar-refractivity contribution >= 4 is 104 Å². The summed E-state index contributed by atoms with van der Waals surface area (Å²) in [5, 5.41) is 2.04. The van der Waals surface area contributed by atoms with Gasteiger partial charge in [0.1, 0.15) is 0 Å². The molecule has 0 radical (unpaired) electrons. The standard InChI is InChI=1S/C26H34O2S8/c1-15(2)23(27)31-11-17-13-33-25(35-17)21(29-5)19-9-7-8-10-20(19)22(30-6)26-34-14-18(36-26)12-32-24(28)16(3)4/h7-10,17-18,21-22,25-26H,1,3,11-14H2,2,4-6H3. The fourth-order valence-electron chi connectivity index (χ4n) is 3.82. The Kier molecular flexibility index (Phi) is 13.6. The maximum absolute atomic E-state index is 12.0. The van der Waals surface area contributed by atoms with Crippen molar-refractivity contribution in [2.45, 2.75) is 44.0 Å². The second-order valence-corrected chi connectivity index (χ2v) is 18.4. The lowest BCUT2D eigenvalue weighted by molar-refractivity contribution is -0.108. The van der Waals surface area contributed by atoms with E-state index in [9.17, 15) is 9.59 Å². The second-order valence-electron chi connectivity index (χ2n) is 8.62. The number of hydrogen-bond donors (Lipinski definition) is 0. The fraction of sp³-hybridized carbons (Fsp3) is 0.538. The summed E-state index contributed by atoms with van der Waals surface area (Å²) in [5.41, 5.74) is 4.18. The van der Waals surface area contributed by atoms with E-state index in [2.05, 4.69) is 49.9 Å². The minimum Gasteiger partial charge on any atom is -0.282 e. The van der Waals surface area contributed by atoms with Crippen LogP contribution in [0.15, 0.2) is 48.6 Å². The van der Waals surface area contributed by atoms with Crippen molar-refractivity contribution in [3.05, 3.63) is 59.7 Å². The van der Waals surface area contributed by atoms with Gasteiger partial charge in [0.05, 0.1) is 19.7 Å². The zero-order chi connectivity index (χ0) is 26.2. The van der Waals surface area contributed by atoms with Crippen LogP contribution in [0.4, 0.5) is 0 Å². The normalized spacial score (nSPS) is 25.4. The molecule has 2 aliphatic rings. The van der Waals surface area contributed by atoms with Crippen LogP contribution in [0.2, 0.25) is 0 Å². The van der Waals surface area contributed by atoms with Crippen molar-refractivity contribution in [3.8, 4) is 0 Å². The van der Waals surface area contributed by atoms with Crippen LogP contribution in [-0.2, 0) is 9.59 Å². The zero-order valence-electron chi connectivity index (χ0n) is 21.1. The molecule has 0 aliphatic carbocycles. The second kappa shape index (κ2) is 15.6. The zero-order valence-corrected chi connectivity index (χ0v) is 27.6. The summed E-state index contributed by atoms with van der Waals surface area (Å²) in [6.07, 6.45) is 4.46. The molecule has 36 heavy (non-hydrogen) atoms. The molecule has 0 bridgehead atoms. The molecule has 2 nitrogen and oxygen atoms in total. The van der Waals surface area contributed by atoms with Crippen molar-refractivity contribution in [1.29, 1.82) is 0 Å². The van der Waals surface area contributed by atoms with E-state index in [1.165, 1.54) is 34.7 Å². The quantitative estimate of drug-likeness (QED) is 0.209. The lowest BCUT2D eigenvalue weighted by Crippen LogP contribution is -2.15. The smallest absolute Gasteiger partial charge is 0.214 e. The van der Waals surface area contributed by atoms with Crippen LogP contribution in [-0.4, -0.2) is 65.4 Å². The Morgan fingerprint density at radius 2 is 1.22 bits per heavy atom. The fourth-order valence-corrected chi connectivity index (χ4v) is 16.3. The maximum atomic E-state index is 12.0. The van der Waals surface area contributed by atoms with Crippen molar-refractivity contribution in [3.63, 3.8) is 0 Å². The molecule has 0 saturated carbocycles. The SMILES string of the molecule is C=C(C)C(=O)SCC1CSC(C(SC)c2ccccc2C(SC)C2SCC(CSC(=O)C(=C)C)S2)S1. The average Bonchev–Trinajstić information content (AvgIpc) is 3.53. The molecule has 3 rings (SSSR count). The molecule has 6 atom stereocenters. The first-order valence-corrected chi connectivity index (χ1v) is 20.1. The predicted molar refractivity (Wildman–Crippen MR) is 179 cm³/mol. The molecule has 2 heterocycles. The first kappa shape index (κ1) is 31.4. The molecular formula is C26H34O2S8. The molecule has 198 valence electrons. The van der Waals surface area contributed by atoms with Gasteiger partial charge in [-0.2, -0.15) is 23.5 Å². The van der Waals surface area contributed by atoms with Crippen LogP contribution in [0.5, 0.6) is 0 Å². The third-order valence-electron chi connectivity index (χ3n) is 5.65. The van der Waals surface area contributed by atoms with Crippen molar-refractivity contribution < 1.29 is 9.59 Å². The first-order valence-electron chi connectivity index (χ1n) is 11.6. The third kappa shape index (κ3) is 8.67. The van der Waals surface area contributed by atoms with E-state index in [1.54, 1.807) is 13.8 Å². The molecule has 0 spiro atoms. The lowest BCUT2D eigenvalue weighted by Gasteiger charge is -2.29. The topological polar surface area (TPSA) is 34.1 Å². The summed E-state index contributed by atoms with van der Waals surface area (Å²) in [6, 6.07) is 9.02. The Bertz CT molecular complexity index is 877. The molecule has 6 unspecified atom stereocenters. The van der Waals surface area contributed by atoms with Gasteiger partial charge in [-0.3, -0.25) is 9.59 Å². The molecule has 0 aromatic heterocycles. The summed E-state index contributed by atoms with van der Waals surface area (Å²) in [7, 11) is 0. The number of benzene rings is 1. The van der Waals surface area contributed by atoms with Gasteiger partial charge in [0.2, 0.25) is 10.2 Å². The van der Waals surface area contributed by atoms with E-state index < -0.39 is 0 Å². The van der Waals surface area contributed by atoms with E-state index in [4.69, 9.17) is 0 Å². The van der Waals surface area contributed by atoms with Gasteiger partial charge in [-0.05, 0) is 48.6 Å². The predicted octanol–water partition coefficient (Wildman–Crippen LogP) is 8.52. The first-order chi connectivity index (χ1) is 17.2. The third-order valence-corrected chi connectivity index (χ3v) is 18.0. The minimum absolute atomic E-state index is 0.117. The Morgan fingerprint density at radius 1 is 0.833 bits per heavy atom. The molecule has 10 heteroatoms. The van der Waals surface area contributed by atoms with Crippen LogP contribution in [0.3, 0.4) is 0 Å². The summed E-state index contributed by atoms with van der Waals surface area (Å²) in [5.74, 6) is 3.90. The molecule has 2 fully saturated rings. The highest BCUT2D eigenvalue weighted by Crippen LogP contribution is 2.55. The van der Waals surface area contributed by atoms with E-state index in [-0.39, 0.29) is 10.2 Å². The number of rotatable bonds is 12. The van der Waals surface area contributed by atoms with Crippen molar-refractivity contribution in [1.82, 2.24) is 0 Å². The number of carbonyl (C=O) groups is 2. The van der Waals surface area contributed by atoms with Gasteiger partial charge in [0.15, 0.2) is 0 Å². The molecule has 1 aromatic rings. The van der Waals surface area contributed by atoms with E-state index in [0.29, 0.717) is 41.3 Å². The van der Waals surface area contributed by atoms with Gasteiger partial charge in [-0.25, -0.2) is 0 Å². The van der Waals surface area contributed by atoms with Gasteiger partial charge < -0.3 is 0 Å². The number of carbonyl (C=O) groups excluding carboxylic acids is 2. The Hall–Kier alpha value is 0.840. The largest absolute Gasteiger partial charge is 0.282 e. The van der Waals surface area contributed by atoms with Gasteiger partial charge in [-0.15, -0.1) is 47.0 Å². The van der Waals surface area contributed by atoms with E-state index in [1.807, 2.05) is 70.6 Å². The summed E-state index contributed by atoms with van der Waals surface area (Å²) in [6.45, 7) is 11.1. The molecule has 2 saturated heterocycles. The van der Waals surface area contributed by atoms with Gasteiger partial charge in [0, 0.05) is 33.5 Å². The Balaban J connectivity index is 1.68. The van der Waals surface area contributed by atoms with Gasteiger partial charge >= 0.3 is 0 Å². The highest BCUT2D eigenvalue weighted by molar-refractivity contribution is 8.23. The van der Waals surface area contributed by atoms with Crippen LogP contribution in [0, 0.1) is 0 Å². The summed E-state index contributed by atoms with van der Waals surface area (Å²) in [4.78, 5) is 24.0. The molecule has 0 N–H and O–H groups in total. The van der Waals surface area contributed by atoms with Crippen LogP contribution in [0.25, 0.3) is 0 Å². The number of hydrogen-bond acceptors (Lipinski definition) is 10. The van der Waals surface area contributed by atoms with Gasteiger partial charge in [-0.1, -0.05) is 60.9 Å². The van der Waals surface area contributed by atoms with Crippen LogP contribution >= 0.6 is 94.1 Å². The minimum atomic E-state index is 0.117. The molecule has 1 aromatic carbocycles. The monoisotopic (exact) mass is 634 g/mol. The maximum Gasteiger partial charge on any atom is 0.214 e. The Labute approximate surface area is 251 Å². The van der Waals surface area contributed by atoms with E-state index >= 15 is 0 Å². The van der Waals surface area contributed by atoms with Gasteiger partial charge in [0.25, 0.3) is 0 Å². The number of thioether (sulfide) groups is 8. The van der Waals surface area contributed by atoms with E-state index in [0.717, 1.165) is 23.0 Å². The molecular weight excluding hydrogens is 601 g/mol. The summed E-state index contributed by atoms with van der Waals surface area (Å²) >= 11 is 14.9. The molecule has 0 amide bonds. The van der Waals surface area contributed by atoms with Crippen molar-refractivity contribution in [2.24, 2.45) is 0 Å². The molecule has 2 aliphatic heterocycles.